The zero-order valence-corrected chi connectivity index (χ0v) is 9.09. The van der Waals surface area contributed by atoms with Crippen LogP contribution in [-0.2, 0) is 0 Å². The van der Waals surface area contributed by atoms with Gasteiger partial charge >= 0.3 is 0 Å². The Hall–Kier alpha value is -0.520. The lowest BCUT2D eigenvalue weighted by Crippen LogP contribution is -1.99. The van der Waals surface area contributed by atoms with Gasteiger partial charge in [0.25, 0.3) is 0 Å². The quantitative estimate of drug-likeness (QED) is 0.553. The Labute approximate surface area is 77.4 Å². The fourth-order valence-corrected chi connectivity index (χ4v) is 0.690. The summed E-state index contributed by atoms with van der Waals surface area (Å²) in [6.07, 6.45) is 4.42. The van der Waals surface area contributed by atoms with Gasteiger partial charge in [0.1, 0.15) is 0 Å². The lowest BCUT2D eigenvalue weighted by Gasteiger charge is -2.10. The normalized spacial score (nSPS) is 14.6. The molecule has 0 aromatic carbocycles. The van der Waals surface area contributed by atoms with E-state index in [0.29, 0.717) is 11.8 Å². The van der Waals surface area contributed by atoms with Crippen molar-refractivity contribution in [3.05, 3.63) is 24.3 Å². The average Bonchev–Trinajstić information content (AvgIpc) is 1.98. The van der Waals surface area contributed by atoms with Crippen LogP contribution in [0.1, 0.15) is 34.6 Å². The Morgan fingerprint density at radius 3 is 1.92 bits per heavy atom. The minimum Gasteiger partial charge on any atom is -0.0956 e. The first kappa shape index (κ1) is 11.5. The molecule has 12 heavy (non-hydrogen) atoms. The van der Waals surface area contributed by atoms with E-state index in [1.807, 2.05) is 0 Å². The molecule has 0 aromatic rings. The summed E-state index contributed by atoms with van der Waals surface area (Å²) in [6.45, 7) is 15.1. The van der Waals surface area contributed by atoms with E-state index in [1.165, 1.54) is 5.57 Å². The van der Waals surface area contributed by atoms with Crippen LogP contribution in [0.5, 0.6) is 0 Å². The monoisotopic (exact) mass is 166 g/mol. The van der Waals surface area contributed by atoms with Crippen LogP contribution < -0.4 is 0 Å². The van der Waals surface area contributed by atoms with Crippen molar-refractivity contribution in [1.82, 2.24) is 0 Å². The molecule has 0 aliphatic carbocycles. The highest BCUT2D eigenvalue weighted by atomic mass is 14.1. The maximum atomic E-state index is 4.00. The molecule has 0 N–H and O–H groups in total. The summed E-state index contributed by atoms with van der Waals surface area (Å²) in [4.78, 5) is 0. The van der Waals surface area contributed by atoms with E-state index in [1.54, 1.807) is 0 Å². The van der Waals surface area contributed by atoms with Crippen molar-refractivity contribution in [3.63, 3.8) is 0 Å². The second kappa shape index (κ2) is 5.18. The van der Waals surface area contributed by atoms with Crippen LogP contribution in [0.2, 0.25) is 0 Å². The van der Waals surface area contributed by atoms with E-state index >= 15 is 0 Å². The minimum atomic E-state index is 0.570. The Balaban J connectivity index is 3.98. The predicted molar refractivity (Wildman–Crippen MR) is 57.1 cm³/mol. The van der Waals surface area contributed by atoms with Gasteiger partial charge in [0.05, 0.1) is 0 Å². The van der Waals surface area contributed by atoms with Gasteiger partial charge in [0.15, 0.2) is 0 Å². The highest BCUT2D eigenvalue weighted by Gasteiger charge is 2.02. The van der Waals surface area contributed by atoms with Gasteiger partial charge in [-0.2, -0.15) is 0 Å². The molecule has 0 saturated carbocycles. The molecule has 0 spiro atoms. The lowest BCUT2D eigenvalue weighted by molar-refractivity contribution is 0.503. The molecule has 0 saturated heterocycles. The summed E-state index contributed by atoms with van der Waals surface area (Å²) in [5, 5.41) is 0. The van der Waals surface area contributed by atoms with E-state index in [9.17, 15) is 0 Å². The van der Waals surface area contributed by atoms with Gasteiger partial charge in [0, 0.05) is 0 Å². The van der Waals surface area contributed by atoms with E-state index in [-0.39, 0.29) is 0 Å². The summed E-state index contributed by atoms with van der Waals surface area (Å²) in [6, 6.07) is 0. The Kier molecular flexibility index (Phi) is 4.96. The molecule has 0 rings (SSSR count). The van der Waals surface area contributed by atoms with Gasteiger partial charge in [-0.1, -0.05) is 58.9 Å². The van der Waals surface area contributed by atoms with Gasteiger partial charge < -0.3 is 0 Å². The molecule has 70 valence electrons. The van der Waals surface area contributed by atoms with Crippen LogP contribution in [0.3, 0.4) is 0 Å². The highest BCUT2D eigenvalue weighted by Crippen LogP contribution is 2.14. The first-order valence-corrected chi connectivity index (χ1v) is 4.82. The molecular weight excluding hydrogens is 144 g/mol. The topological polar surface area (TPSA) is 0 Å². The lowest BCUT2D eigenvalue weighted by atomic mass is 9.95. The predicted octanol–water partition coefficient (Wildman–Crippen LogP) is 4.05. The van der Waals surface area contributed by atoms with Crippen molar-refractivity contribution in [3.8, 4) is 0 Å². The fourth-order valence-electron chi connectivity index (χ4n) is 0.690. The summed E-state index contributed by atoms with van der Waals surface area (Å²) in [5.41, 5.74) is 1.22. The van der Waals surface area contributed by atoms with Crippen molar-refractivity contribution in [2.45, 2.75) is 34.6 Å². The largest absolute Gasteiger partial charge is 0.0956 e. The van der Waals surface area contributed by atoms with Gasteiger partial charge in [-0.25, -0.2) is 0 Å². The van der Waals surface area contributed by atoms with E-state index < -0.39 is 0 Å². The molecule has 0 nitrogen and oxygen atoms in total. The van der Waals surface area contributed by atoms with E-state index in [2.05, 4.69) is 53.3 Å². The van der Waals surface area contributed by atoms with Crippen LogP contribution in [0.25, 0.3) is 0 Å². The number of rotatable bonds is 4. The third-order valence-electron chi connectivity index (χ3n) is 2.41. The van der Waals surface area contributed by atoms with Gasteiger partial charge in [0.2, 0.25) is 0 Å². The minimum absolute atomic E-state index is 0.570. The van der Waals surface area contributed by atoms with E-state index in [4.69, 9.17) is 0 Å². The maximum Gasteiger partial charge on any atom is -0.0225 e. The standard InChI is InChI=1S/C12H22/c1-9(2)11(5)7-8-12(6)10(3)4/h7-10,12H,5H2,1-4,6H3/b8-7+/t12-/m1/s1. The molecule has 0 aromatic heterocycles. The average molecular weight is 166 g/mol. The third kappa shape index (κ3) is 4.38. The molecule has 0 fully saturated rings. The molecule has 0 heteroatoms. The van der Waals surface area contributed by atoms with Crippen LogP contribution in [0.15, 0.2) is 24.3 Å². The van der Waals surface area contributed by atoms with Crippen LogP contribution in [0, 0.1) is 17.8 Å². The molecule has 0 radical (unpaired) electrons. The van der Waals surface area contributed by atoms with Gasteiger partial charge in [-0.3, -0.25) is 0 Å². The highest BCUT2D eigenvalue weighted by molar-refractivity contribution is 5.16. The Morgan fingerprint density at radius 2 is 1.58 bits per heavy atom. The maximum absolute atomic E-state index is 4.00. The number of hydrogen-bond acceptors (Lipinski definition) is 0. The first-order chi connectivity index (χ1) is 5.45. The van der Waals surface area contributed by atoms with Crippen molar-refractivity contribution in [2.75, 3.05) is 0 Å². The summed E-state index contributed by atoms with van der Waals surface area (Å²) >= 11 is 0. The molecule has 0 aliphatic heterocycles. The smallest absolute Gasteiger partial charge is 0.0225 e. The van der Waals surface area contributed by atoms with Crippen LogP contribution in [0.4, 0.5) is 0 Å². The Morgan fingerprint density at radius 1 is 1.08 bits per heavy atom. The van der Waals surface area contributed by atoms with E-state index in [0.717, 1.165) is 5.92 Å². The van der Waals surface area contributed by atoms with Crippen molar-refractivity contribution in [1.29, 1.82) is 0 Å². The number of hydrogen-bond donors (Lipinski definition) is 0. The number of allylic oxidation sites excluding steroid dienone is 3. The van der Waals surface area contributed by atoms with Crippen molar-refractivity contribution in [2.24, 2.45) is 17.8 Å². The van der Waals surface area contributed by atoms with Crippen LogP contribution in [-0.4, -0.2) is 0 Å². The zero-order valence-electron chi connectivity index (χ0n) is 9.09. The summed E-state index contributed by atoms with van der Waals surface area (Å²) < 4.78 is 0. The molecule has 0 unspecified atom stereocenters. The summed E-state index contributed by atoms with van der Waals surface area (Å²) in [5.74, 6) is 1.95. The SMILES string of the molecule is C=C(/C=C/[C@@H](C)C(C)C)C(C)C. The third-order valence-corrected chi connectivity index (χ3v) is 2.41. The van der Waals surface area contributed by atoms with Crippen molar-refractivity contribution < 1.29 is 0 Å². The second-order valence-corrected chi connectivity index (χ2v) is 4.19. The zero-order chi connectivity index (χ0) is 9.72. The molecule has 0 amide bonds. The molecule has 0 aliphatic rings. The molecule has 0 bridgehead atoms. The van der Waals surface area contributed by atoms with Gasteiger partial charge in [-0.15, -0.1) is 0 Å². The van der Waals surface area contributed by atoms with Crippen molar-refractivity contribution >= 4 is 0 Å². The molecular formula is C12H22. The van der Waals surface area contributed by atoms with Crippen LogP contribution >= 0.6 is 0 Å². The first-order valence-electron chi connectivity index (χ1n) is 4.82. The second-order valence-electron chi connectivity index (χ2n) is 4.19. The summed E-state index contributed by atoms with van der Waals surface area (Å²) in [7, 11) is 0. The van der Waals surface area contributed by atoms with Gasteiger partial charge in [-0.05, 0) is 17.8 Å². The fraction of sp³-hybridized carbons (Fsp3) is 0.667. The molecule has 1 atom stereocenters. The molecule has 0 heterocycles. The Bertz CT molecular complexity index is 161.